The first-order valence-electron chi connectivity index (χ1n) is 5.17. The molecule has 0 aliphatic carbocycles. The number of hydrogen-bond donors (Lipinski definition) is 1. The van der Waals surface area contributed by atoms with Crippen molar-refractivity contribution in [2.24, 2.45) is 0 Å². The third-order valence-electron chi connectivity index (χ3n) is 2.07. The van der Waals surface area contributed by atoms with Crippen LogP contribution in [-0.2, 0) is 0 Å². The van der Waals surface area contributed by atoms with Crippen molar-refractivity contribution in [3.8, 4) is 0 Å². The molecule has 1 aromatic heterocycles. The summed E-state index contributed by atoms with van der Waals surface area (Å²) in [7, 11) is 0. The number of aromatic carboxylic acids is 1. The summed E-state index contributed by atoms with van der Waals surface area (Å²) >= 11 is 7.46. The van der Waals surface area contributed by atoms with Crippen molar-refractivity contribution >= 4 is 29.3 Å². The maximum Gasteiger partial charge on any atom is 0.337 e. The van der Waals surface area contributed by atoms with Crippen molar-refractivity contribution in [3.05, 3.63) is 22.8 Å². The number of thioether (sulfide) groups is 1. The first-order chi connectivity index (χ1) is 7.66. The molecule has 1 N–H and O–H groups in total. The molecule has 3 nitrogen and oxygen atoms in total. The molecule has 0 aromatic carbocycles. The predicted octanol–water partition coefficient (Wildman–Crippen LogP) is 3.72. The third kappa shape index (κ3) is 3.68. The lowest BCUT2D eigenvalue weighted by molar-refractivity contribution is 0.0696. The monoisotopic (exact) mass is 259 g/mol. The summed E-state index contributed by atoms with van der Waals surface area (Å²) < 4.78 is 0. The fourth-order valence-corrected chi connectivity index (χ4v) is 2.48. The van der Waals surface area contributed by atoms with Crippen molar-refractivity contribution in [2.75, 3.05) is 5.75 Å². The Labute approximate surface area is 104 Å². The van der Waals surface area contributed by atoms with Crippen LogP contribution in [-0.4, -0.2) is 21.8 Å². The van der Waals surface area contributed by atoms with E-state index in [0.29, 0.717) is 5.03 Å². The molecule has 1 heterocycles. The van der Waals surface area contributed by atoms with E-state index in [0.717, 1.165) is 18.6 Å². The van der Waals surface area contributed by atoms with Crippen LogP contribution >= 0.6 is 23.4 Å². The SMILES string of the molecule is CCCCCSc1nccc(C(=O)O)c1Cl. The number of carbonyl (C=O) groups is 1. The molecule has 0 saturated heterocycles. The summed E-state index contributed by atoms with van der Waals surface area (Å²) in [5.74, 6) is -0.0910. The molecule has 1 rings (SSSR count). The molecule has 0 atom stereocenters. The van der Waals surface area contributed by atoms with Gasteiger partial charge in [0.1, 0.15) is 5.03 Å². The molecule has 1 aromatic rings. The van der Waals surface area contributed by atoms with Crippen LogP contribution in [0.15, 0.2) is 17.3 Å². The zero-order valence-electron chi connectivity index (χ0n) is 9.07. The molecule has 0 saturated carbocycles. The highest BCUT2D eigenvalue weighted by Crippen LogP contribution is 2.28. The molecular weight excluding hydrogens is 246 g/mol. The van der Waals surface area contributed by atoms with Gasteiger partial charge in [-0.1, -0.05) is 31.4 Å². The Balaban J connectivity index is 2.66. The summed E-state index contributed by atoms with van der Waals surface area (Å²) in [6.07, 6.45) is 4.91. The van der Waals surface area contributed by atoms with Crippen molar-refractivity contribution in [1.82, 2.24) is 4.98 Å². The molecule has 0 aliphatic rings. The first kappa shape index (κ1) is 13.3. The Hall–Kier alpha value is -0.740. The van der Waals surface area contributed by atoms with Gasteiger partial charge in [-0.05, 0) is 18.2 Å². The predicted molar refractivity (Wildman–Crippen MR) is 66.5 cm³/mol. The maximum absolute atomic E-state index is 10.8. The second-order valence-corrected chi connectivity index (χ2v) is 4.80. The lowest BCUT2D eigenvalue weighted by Crippen LogP contribution is -1.99. The quantitative estimate of drug-likeness (QED) is 0.625. The summed E-state index contributed by atoms with van der Waals surface area (Å²) in [6, 6.07) is 1.42. The van der Waals surface area contributed by atoms with Crippen LogP contribution in [0.4, 0.5) is 0 Å². The highest BCUT2D eigenvalue weighted by molar-refractivity contribution is 7.99. The van der Waals surface area contributed by atoms with Crippen molar-refractivity contribution in [2.45, 2.75) is 31.2 Å². The number of carboxylic acid groups (broad SMARTS) is 1. The van der Waals surface area contributed by atoms with Crippen LogP contribution in [0, 0.1) is 0 Å². The Kier molecular flexibility index (Phi) is 5.63. The minimum atomic E-state index is -1.01. The normalized spacial score (nSPS) is 10.4. The molecule has 5 heteroatoms. The van der Waals surface area contributed by atoms with Crippen LogP contribution in [0.5, 0.6) is 0 Å². The number of aromatic nitrogens is 1. The third-order valence-corrected chi connectivity index (χ3v) is 3.64. The van der Waals surface area contributed by atoms with E-state index in [1.54, 1.807) is 0 Å². The van der Waals surface area contributed by atoms with Gasteiger partial charge in [-0.3, -0.25) is 0 Å². The van der Waals surface area contributed by atoms with Crippen LogP contribution in [0.1, 0.15) is 36.5 Å². The van der Waals surface area contributed by atoms with Gasteiger partial charge in [0.2, 0.25) is 0 Å². The molecular formula is C11H14ClNO2S. The van der Waals surface area contributed by atoms with Gasteiger partial charge in [0.05, 0.1) is 10.6 Å². The van der Waals surface area contributed by atoms with Gasteiger partial charge in [-0.25, -0.2) is 9.78 Å². The number of hydrogen-bond acceptors (Lipinski definition) is 3. The summed E-state index contributed by atoms with van der Waals surface area (Å²) in [6.45, 7) is 2.14. The van der Waals surface area contributed by atoms with E-state index < -0.39 is 5.97 Å². The van der Waals surface area contributed by atoms with Gasteiger partial charge in [-0.2, -0.15) is 0 Å². The van der Waals surface area contributed by atoms with E-state index in [1.807, 2.05) is 0 Å². The smallest absolute Gasteiger partial charge is 0.337 e. The molecule has 16 heavy (non-hydrogen) atoms. The molecule has 0 amide bonds. The summed E-state index contributed by atoms with van der Waals surface area (Å²) in [5, 5.41) is 9.73. The minimum absolute atomic E-state index is 0.120. The van der Waals surface area contributed by atoms with E-state index in [1.165, 1.54) is 30.4 Å². The average Bonchev–Trinajstić information content (AvgIpc) is 2.26. The Bertz CT molecular complexity index is 371. The van der Waals surface area contributed by atoms with Gasteiger partial charge >= 0.3 is 5.97 Å². The zero-order chi connectivity index (χ0) is 12.0. The highest BCUT2D eigenvalue weighted by atomic mass is 35.5. The molecule has 88 valence electrons. The van der Waals surface area contributed by atoms with Crippen molar-refractivity contribution in [1.29, 1.82) is 0 Å². The number of rotatable bonds is 6. The van der Waals surface area contributed by atoms with E-state index in [4.69, 9.17) is 16.7 Å². The van der Waals surface area contributed by atoms with Crippen LogP contribution in [0.2, 0.25) is 5.02 Å². The second kappa shape index (κ2) is 6.76. The van der Waals surface area contributed by atoms with Crippen LogP contribution in [0.3, 0.4) is 0 Å². The van der Waals surface area contributed by atoms with Crippen molar-refractivity contribution in [3.63, 3.8) is 0 Å². The van der Waals surface area contributed by atoms with Gasteiger partial charge in [0, 0.05) is 6.20 Å². The zero-order valence-corrected chi connectivity index (χ0v) is 10.6. The number of unbranched alkanes of at least 4 members (excludes halogenated alkanes) is 2. The molecule has 0 radical (unpaired) electrons. The van der Waals surface area contributed by atoms with Crippen molar-refractivity contribution < 1.29 is 9.90 Å². The molecule has 0 fully saturated rings. The molecule has 0 spiro atoms. The van der Waals surface area contributed by atoms with E-state index in [2.05, 4.69) is 11.9 Å². The van der Waals surface area contributed by atoms with Crippen LogP contribution < -0.4 is 0 Å². The molecule has 0 unspecified atom stereocenters. The lowest BCUT2D eigenvalue weighted by atomic mass is 10.3. The van der Waals surface area contributed by atoms with Gasteiger partial charge in [0.15, 0.2) is 0 Å². The van der Waals surface area contributed by atoms with Crippen LogP contribution in [0.25, 0.3) is 0 Å². The number of carboxylic acids is 1. The second-order valence-electron chi connectivity index (χ2n) is 3.34. The summed E-state index contributed by atoms with van der Waals surface area (Å²) in [5.41, 5.74) is 0.120. The molecule has 0 aliphatic heterocycles. The van der Waals surface area contributed by atoms with Gasteiger partial charge in [-0.15, -0.1) is 11.8 Å². The number of nitrogens with zero attached hydrogens (tertiary/aromatic N) is 1. The Morgan fingerprint density at radius 2 is 2.31 bits per heavy atom. The standard InChI is InChI=1S/C11H14ClNO2S/c1-2-3-4-7-16-10-9(12)8(11(14)15)5-6-13-10/h5-6H,2-4,7H2,1H3,(H,14,15). The molecule has 0 bridgehead atoms. The number of halogens is 1. The van der Waals surface area contributed by atoms with E-state index in [-0.39, 0.29) is 10.6 Å². The van der Waals surface area contributed by atoms with Gasteiger partial charge in [0.25, 0.3) is 0 Å². The average molecular weight is 260 g/mol. The van der Waals surface area contributed by atoms with Gasteiger partial charge < -0.3 is 5.11 Å². The first-order valence-corrected chi connectivity index (χ1v) is 6.53. The highest BCUT2D eigenvalue weighted by Gasteiger charge is 2.13. The number of pyridine rings is 1. The Morgan fingerprint density at radius 1 is 1.56 bits per heavy atom. The maximum atomic E-state index is 10.8. The topological polar surface area (TPSA) is 50.2 Å². The fraction of sp³-hybridized carbons (Fsp3) is 0.455. The Morgan fingerprint density at radius 3 is 2.94 bits per heavy atom. The van der Waals surface area contributed by atoms with E-state index >= 15 is 0 Å². The largest absolute Gasteiger partial charge is 0.478 e. The fourth-order valence-electron chi connectivity index (χ4n) is 1.21. The van der Waals surface area contributed by atoms with E-state index in [9.17, 15) is 4.79 Å². The summed E-state index contributed by atoms with van der Waals surface area (Å²) in [4.78, 5) is 14.9. The minimum Gasteiger partial charge on any atom is -0.478 e. The lowest BCUT2D eigenvalue weighted by Gasteiger charge is -2.04.